The summed E-state index contributed by atoms with van der Waals surface area (Å²) < 4.78 is 0. The molecule has 1 aliphatic heterocycles. The molecule has 0 aliphatic carbocycles. The maximum atomic E-state index is 3.77. The minimum atomic E-state index is 1.04. The van der Waals surface area contributed by atoms with E-state index >= 15 is 0 Å². The Morgan fingerprint density at radius 3 is 2.73 bits per heavy atom. The van der Waals surface area contributed by atoms with Crippen molar-refractivity contribution in [1.82, 2.24) is 9.80 Å². The molecule has 0 amide bonds. The first kappa shape index (κ1) is 8.34. The Morgan fingerprint density at radius 1 is 1.45 bits per heavy atom. The molecule has 1 aliphatic rings. The van der Waals surface area contributed by atoms with Crippen molar-refractivity contribution in [3.05, 3.63) is 24.6 Å². The van der Waals surface area contributed by atoms with Gasteiger partial charge in [0.1, 0.15) is 0 Å². The maximum absolute atomic E-state index is 3.77. The van der Waals surface area contributed by atoms with Crippen LogP contribution >= 0.6 is 0 Å². The predicted octanol–water partition coefficient (Wildman–Crippen LogP) is 1.28. The number of rotatable bonds is 1. The van der Waals surface area contributed by atoms with Crippen LogP contribution in [0.3, 0.4) is 0 Å². The van der Waals surface area contributed by atoms with Crippen molar-refractivity contribution in [3.63, 3.8) is 0 Å². The summed E-state index contributed by atoms with van der Waals surface area (Å²) in [6.07, 6.45) is 4.06. The van der Waals surface area contributed by atoms with Crippen molar-refractivity contribution in [1.29, 1.82) is 0 Å². The van der Waals surface area contributed by atoms with Gasteiger partial charge in [0.15, 0.2) is 0 Å². The fourth-order valence-corrected chi connectivity index (χ4v) is 1.33. The van der Waals surface area contributed by atoms with Crippen LogP contribution in [-0.2, 0) is 0 Å². The molecule has 0 unspecified atom stereocenters. The number of likely N-dealkylation sites (N-methyl/N-ethyl adjacent to an activating group) is 1. The summed E-state index contributed by atoms with van der Waals surface area (Å²) in [5.41, 5.74) is 1.36. The largest absolute Gasteiger partial charge is 0.350 e. The van der Waals surface area contributed by atoms with Crippen LogP contribution in [0.4, 0.5) is 0 Å². The van der Waals surface area contributed by atoms with Gasteiger partial charge in [0, 0.05) is 25.3 Å². The molecule has 0 radical (unpaired) electrons. The summed E-state index contributed by atoms with van der Waals surface area (Å²) >= 11 is 0. The van der Waals surface area contributed by atoms with Gasteiger partial charge in [-0.25, -0.2) is 0 Å². The molecular weight excluding hydrogens is 136 g/mol. The summed E-state index contributed by atoms with van der Waals surface area (Å²) in [5, 5.41) is 0. The van der Waals surface area contributed by atoms with Gasteiger partial charge in [-0.15, -0.1) is 0 Å². The molecule has 0 saturated carbocycles. The minimum absolute atomic E-state index is 1.04. The zero-order valence-corrected chi connectivity index (χ0v) is 7.38. The van der Waals surface area contributed by atoms with Gasteiger partial charge in [-0.3, -0.25) is 4.90 Å². The molecule has 1 rings (SSSR count). The second-order valence-electron chi connectivity index (χ2n) is 2.89. The van der Waals surface area contributed by atoms with Crippen LogP contribution in [0.1, 0.15) is 6.92 Å². The van der Waals surface area contributed by atoms with Gasteiger partial charge in [-0.1, -0.05) is 12.7 Å². The zero-order valence-electron chi connectivity index (χ0n) is 7.38. The van der Waals surface area contributed by atoms with Crippen molar-refractivity contribution >= 4 is 0 Å². The fraction of sp³-hybridized carbons (Fsp3) is 0.556. The molecule has 0 aromatic rings. The highest BCUT2D eigenvalue weighted by Gasteiger charge is 2.14. The Balaban J connectivity index is 2.63. The van der Waals surface area contributed by atoms with Gasteiger partial charge in [0.25, 0.3) is 0 Å². The van der Waals surface area contributed by atoms with Crippen LogP contribution in [0.5, 0.6) is 0 Å². The maximum Gasteiger partial charge on any atom is 0.0381 e. The quantitative estimate of drug-likeness (QED) is 0.558. The smallest absolute Gasteiger partial charge is 0.0381 e. The first-order valence-electron chi connectivity index (χ1n) is 4.01. The molecule has 1 fully saturated rings. The number of piperazine rings is 1. The van der Waals surface area contributed by atoms with Gasteiger partial charge in [-0.2, -0.15) is 0 Å². The standard InChI is InChI=1S/C9H16N2/c1-4-9-8-10(3)6-7-11(9)5-2/h4-5H,2,6-8H2,1,3H3/b9-4-. The molecule has 0 N–H and O–H groups in total. The second kappa shape index (κ2) is 3.58. The third-order valence-electron chi connectivity index (χ3n) is 2.08. The fourth-order valence-electron chi connectivity index (χ4n) is 1.33. The van der Waals surface area contributed by atoms with Crippen LogP contribution in [0.25, 0.3) is 0 Å². The lowest BCUT2D eigenvalue weighted by molar-refractivity contribution is 0.245. The zero-order chi connectivity index (χ0) is 8.27. The van der Waals surface area contributed by atoms with E-state index in [1.807, 2.05) is 6.20 Å². The van der Waals surface area contributed by atoms with Gasteiger partial charge in [0.2, 0.25) is 0 Å². The minimum Gasteiger partial charge on any atom is -0.350 e. The number of hydrogen-bond acceptors (Lipinski definition) is 2. The van der Waals surface area contributed by atoms with Crippen LogP contribution in [-0.4, -0.2) is 36.5 Å². The SMILES string of the molecule is C=CN1CCN(C)C/C1=C/C. The summed E-state index contributed by atoms with van der Waals surface area (Å²) in [6, 6.07) is 0. The lowest BCUT2D eigenvalue weighted by Crippen LogP contribution is -2.39. The lowest BCUT2D eigenvalue weighted by atomic mass is 10.2. The van der Waals surface area contributed by atoms with Gasteiger partial charge >= 0.3 is 0 Å². The molecule has 0 aromatic heterocycles. The normalized spacial score (nSPS) is 24.2. The molecule has 11 heavy (non-hydrogen) atoms. The summed E-state index contributed by atoms with van der Waals surface area (Å²) in [5.74, 6) is 0. The van der Waals surface area contributed by atoms with E-state index in [2.05, 4.69) is 36.4 Å². The van der Waals surface area contributed by atoms with E-state index in [4.69, 9.17) is 0 Å². The van der Waals surface area contributed by atoms with Crippen LogP contribution in [0.2, 0.25) is 0 Å². The molecule has 0 spiro atoms. The molecule has 0 bridgehead atoms. The lowest BCUT2D eigenvalue weighted by Gasteiger charge is -2.33. The van der Waals surface area contributed by atoms with Crippen molar-refractivity contribution in [2.75, 3.05) is 26.7 Å². The number of allylic oxidation sites excluding steroid dienone is 1. The van der Waals surface area contributed by atoms with Crippen LogP contribution < -0.4 is 0 Å². The topological polar surface area (TPSA) is 6.48 Å². The van der Waals surface area contributed by atoms with E-state index in [-0.39, 0.29) is 0 Å². The molecule has 1 heterocycles. The average Bonchev–Trinajstić information content (AvgIpc) is 2.04. The predicted molar refractivity (Wildman–Crippen MR) is 48.2 cm³/mol. The highest BCUT2D eigenvalue weighted by atomic mass is 15.2. The number of hydrogen-bond donors (Lipinski definition) is 0. The van der Waals surface area contributed by atoms with E-state index in [0.717, 1.165) is 19.6 Å². The van der Waals surface area contributed by atoms with Gasteiger partial charge in [-0.05, 0) is 20.2 Å². The van der Waals surface area contributed by atoms with Crippen LogP contribution in [0.15, 0.2) is 24.6 Å². The Bertz CT molecular complexity index is 172. The molecule has 62 valence electrons. The Hall–Kier alpha value is -0.760. The summed E-state index contributed by atoms with van der Waals surface area (Å²) in [4.78, 5) is 4.52. The van der Waals surface area contributed by atoms with Crippen molar-refractivity contribution in [2.45, 2.75) is 6.92 Å². The Labute approximate surface area is 68.8 Å². The third kappa shape index (κ3) is 1.84. The van der Waals surface area contributed by atoms with E-state index in [1.165, 1.54) is 5.70 Å². The van der Waals surface area contributed by atoms with Crippen LogP contribution in [0, 0.1) is 0 Å². The molecular formula is C9H16N2. The molecule has 2 heteroatoms. The second-order valence-corrected chi connectivity index (χ2v) is 2.89. The third-order valence-corrected chi connectivity index (χ3v) is 2.08. The van der Waals surface area contributed by atoms with E-state index in [0.29, 0.717) is 0 Å². The van der Waals surface area contributed by atoms with E-state index in [1.54, 1.807) is 0 Å². The van der Waals surface area contributed by atoms with Crippen molar-refractivity contribution in [2.24, 2.45) is 0 Å². The molecule has 2 nitrogen and oxygen atoms in total. The first-order chi connectivity index (χ1) is 5.27. The summed E-state index contributed by atoms with van der Waals surface area (Å²) in [6.45, 7) is 9.09. The van der Waals surface area contributed by atoms with Crippen molar-refractivity contribution in [3.8, 4) is 0 Å². The van der Waals surface area contributed by atoms with Gasteiger partial charge < -0.3 is 4.90 Å². The van der Waals surface area contributed by atoms with E-state index < -0.39 is 0 Å². The Morgan fingerprint density at radius 2 is 2.18 bits per heavy atom. The van der Waals surface area contributed by atoms with E-state index in [9.17, 15) is 0 Å². The molecule has 0 aromatic carbocycles. The highest BCUT2D eigenvalue weighted by Crippen LogP contribution is 2.11. The number of nitrogens with zero attached hydrogens (tertiary/aromatic N) is 2. The molecule has 0 atom stereocenters. The average molecular weight is 152 g/mol. The monoisotopic (exact) mass is 152 g/mol. The Kier molecular flexibility index (Phi) is 2.71. The molecule has 1 saturated heterocycles. The first-order valence-corrected chi connectivity index (χ1v) is 4.01. The van der Waals surface area contributed by atoms with Crippen molar-refractivity contribution < 1.29 is 0 Å². The highest BCUT2D eigenvalue weighted by molar-refractivity contribution is 5.08. The van der Waals surface area contributed by atoms with Gasteiger partial charge in [0.05, 0.1) is 0 Å². The summed E-state index contributed by atoms with van der Waals surface area (Å²) in [7, 11) is 2.14.